The van der Waals surface area contributed by atoms with E-state index in [0.717, 1.165) is 32.7 Å². The van der Waals surface area contributed by atoms with E-state index < -0.39 is 0 Å². The lowest BCUT2D eigenvalue weighted by molar-refractivity contribution is -0.139. The quantitative estimate of drug-likeness (QED) is 0.796. The van der Waals surface area contributed by atoms with Crippen LogP contribution in [0.1, 0.15) is 11.8 Å². The molecule has 0 N–H and O–H groups in total. The van der Waals surface area contributed by atoms with E-state index >= 15 is 0 Å². The summed E-state index contributed by atoms with van der Waals surface area (Å²) in [6.45, 7) is 9.70. The van der Waals surface area contributed by atoms with Crippen LogP contribution in [0.4, 0.5) is 0 Å². The van der Waals surface area contributed by atoms with Crippen LogP contribution < -0.4 is 0 Å². The minimum atomic E-state index is 0.101. The highest BCUT2D eigenvalue weighted by molar-refractivity contribution is 7.09. The summed E-state index contributed by atoms with van der Waals surface area (Å²) >= 11 is 1.80. The Morgan fingerprint density at radius 1 is 0.958 bits per heavy atom. The fraction of sp³-hybridized carbons (Fsp3) is 0.647. The fourth-order valence-electron chi connectivity index (χ4n) is 3.29. The monoisotopic (exact) mass is 350 g/mol. The van der Waals surface area contributed by atoms with Crippen molar-refractivity contribution in [2.75, 3.05) is 58.9 Å². The Hall–Kier alpha value is -1.44. The lowest BCUT2D eigenvalue weighted by Crippen LogP contribution is -2.54. The molecule has 2 aliphatic rings. The summed E-state index contributed by atoms with van der Waals surface area (Å²) in [5, 5.41) is 2.12. The summed E-state index contributed by atoms with van der Waals surface area (Å²) in [7, 11) is 0. The van der Waals surface area contributed by atoms with Crippen LogP contribution in [0, 0.1) is 0 Å². The van der Waals surface area contributed by atoms with Crippen LogP contribution in [-0.4, -0.2) is 90.3 Å². The average molecular weight is 350 g/mol. The van der Waals surface area contributed by atoms with E-state index in [-0.39, 0.29) is 11.8 Å². The van der Waals surface area contributed by atoms with Crippen LogP contribution in [0.25, 0.3) is 0 Å². The van der Waals surface area contributed by atoms with Gasteiger partial charge in [-0.1, -0.05) is 6.07 Å². The molecule has 2 saturated heterocycles. The third-order valence-electron chi connectivity index (χ3n) is 4.86. The van der Waals surface area contributed by atoms with Crippen molar-refractivity contribution < 1.29 is 9.59 Å². The predicted molar refractivity (Wildman–Crippen MR) is 94.9 cm³/mol. The molecule has 6 nitrogen and oxygen atoms in total. The van der Waals surface area contributed by atoms with Gasteiger partial charge >= 0.3 is 0 Å². The van der Waals surface area contributed by atoms with Gasteiger partial charge in [0.2, 0.25) is 11.8 Å². The number of thiophene rings is 1. The van der Waals surface area contributed by atoms with Crippen molar-refractivity contribution in [2.45, 2.75) is 13.5 Å². The van der Waals surface area contributed by atoms with Gasteiger partial charge in [-0.25, -0.2) is 0 Å². The molecular weight excluding hydrogens is 324 g/mol. The van der Waals surface area contributed by atoms with Gasteiger partial charge in [0.05, 0.1) is 6.54 Å². The molecule has 3 rings (SSSR count). The number of rotatable bonds is 4. The van der Waals surface area contributed by atoms with E-state index in [9.17, 15) is 9.59 Å². The first-order chi connectivity index (χ1) is 11.6. The molecule has 2 fully saturated rings. The molecule has 24 heavy (non-hydrogen) atoms. The maximum Gasteiger partial charge on any atom is 0.236 e. The van der Waals surface area contributed by atoms with Gasteiger partial charge in [0.25, 0.3) is 0 Å². The zero-order chi connectivity index (χ0) is 16.9. The van der Waals surface area contributed by atoms with E-state index in [1.165, 1.54) is 4.88 Å². The number of hydrogen-bond donors (Lipinski definition) is 0. The average Bonchev–Trinajstić information content (AvgIpc) is 3.09. The van der Waals surface area contributed by atoms with Gasteiger partial charge < -0.3 is 9.80 Å². The standard InChI is InChI=1S/C17H26N4O2S/c1-15(22)20-8-10-21(11-9-20)17(23)14-19-6-4-18(5-7-19)13-16-3-2-12-24-16/h2-3,12H,4-11,13-14H2,1H3. The molecule has 0 radical (unpaired) electrons. The minimum absolute atomic E-state index is 0.101. The molecule has 0 unspecified atom stereocenters. The molecule has 0 saturated carbocycles. The Bertz CT molecular complexity index is 547. The van der Waals surface area contributed by atoms with Gasteiger partial charge in [-0.05, 0) is 11.4 Å². The van der Waals surface area contributed by atoms with Gasteiger partial charge in [0, 0.05) is 70.7 Å². The first-order valence-corrected chi connectivity index (χ1v) is 9.50. The molecule has 0 atom stereocenters. The van der Waals surface area contributed by atoms with Crippen molar-refractivity contribution in [2.24, 2.45) is 0 Å². The van der Waals surface area contributed by atoms with E-state index in [1.54, 1.807) is 18.3 Å². The van der Waals surface area contributed by atoms with Crippen LogP contribution in [0.15, 0.2) is 17.5 Å². The first kappa shape index (κ1) is 17.4. The Kier molecular flexibility index (Phi) is 5.86. The number of amides is 2. The Balaban J connectivity index is 1.38. The lowest BCUT2D eigenvalue weighted by atomic mass is 10.2. The van der Waals surface area contributed by atoms with Crippen LogP contribution >= 0.6 is 11.3 Å². The van der Waals surface area contributed by atoms with Crippen molar-refractivity contribution in [3.63, 3.8) is 0 Å². The number of nitrogens with zero attached hydrogens (tertiary/aromatic N) is 4. The Morgan fingerprint density at radius 3 is 2.17 bits per heavy atom. The van der Waals surface area contributed by atoms with Crippen molar-refractivity contribution >= 4 is 23.2 Å². The molecule has 0 spiro atoms. The van der Waals surface area contributed by atoms with E-state index in [2.05, 4.69) is 27.3 Å². The minimum Gasteiger partial charge on any atom is -0.339 e. The number of hydrogen-bond acceptors (Lipinski definition) is 5. The number of carbonyl (C=O) groups excluding carboxylic acids is 2. The SMILES string of the molecule is CC(=O)N1CCN(C(=O)CN2CCN(Cc3cccs3)CC2)CC1. The van der Waals surface area contributed by atoms with Crippen molar-refractivity contribution in [1.82, 2.24) is 19.6 Å². The normalized spacial score (nSPS) is 20.4. The molecule has 2 amide bonds. The Labute approximate surface area is 147 Å². The van der Waals surface area contributed by atoms with Gasteiger partial charge in [-0.2, -0.15) is 0 Å². The zero-order valence-corrected chi connectivity index (χ0v) is 15.1. The summed E-state index contributed by atoms with van der Waals surface area (Å²) < 4.78 is 0. The molecular formula is C17H26N4O2S. The molecule has 0 aliphatic carbocycles. The van der Waals surface area contributed by atoms with E-state index in [0.29, 0.717) is 32.7 Å². The summed E-state index contributed by atoms with van der Waals surface area (Å²) in [6.07, 6.45) is 0. The van der Waals surface area contributed by atoms with Crippen molar-refractivity contribution in [3.05, 3.63) is 22.4 Å². The molecule has 3 heterocycles. The van der Waals surface area contributed by atoms with Crippen LogP contribution in [-0.2, 0) is 16.1 Å². The van der Waals surface area contributed by atoms with Gasteiger partial charge in [0.1, 0.15) is 0 Å². The number of carbonyl (C=O) groups is 2. The smallest absolute Gasteiger partial charge is 0.236 e. The van der Waals surface area contributed by atoms with Crippen LogP contribution in [0.5, 0.6) is 0 Å². The topological polar surface area (TPSA) is 47.1 Å². The highest BCUT2D eigenvalue weighted by atomic mass is 32.1. The zero-order valence-electron chi connectivity index (χ0n) is 14.3. The third-order valence-corrected chi connectivity index (χ3v) is 5.72. The molecule has 7 heteroatoms. The largest absolute Gasteiger partial charge is 0.339 e. The lowest BCUT2D eigenvalue weighted by Gasteiger charge is -2.37. The summed E-state index contributed by atoms with van der Waals surface area (Å²) in [5.41, 5.74) is 0. The molecule has 132 valence electrons. The van der Waals surface area contributed by atoms with Crippen LogP contribution in [0.2, 0.25) is 0 Å². The summed E-state index contributed by atoms with van der Waals surface area (Å²) in [6, 6.07) is 4.28. The summed E-state index contributed by atoms with van der Waals surface area (Å²) in [4.78, 5) is 33.6. The van der Waals surface area contributed by atoms with Gasteiger partial charge in [0.15, 0.2) is 0 Å². The summed E-state index contributed by atoms with van der Waals surface area (Å²) in [5.74, 6) is 0.300. The number of piperazine rings is 2. The van der Waals surface area contributed by atoms with E-state index in [4.69, 9.17) is 0 Å². The predicted octanol–water partition coefficient (Wildman–Crippen LogP) is 0.556. The third kappa shape index (κ3) is 4.55. The van der Waals surface area contributed by atoms with Gasteiger partial charge in [-0.15, -0.1) is 11.3 Å². The fourth-order valence-corrected chi connectivity index (χ4v) is 4.04. The molecule has 1 aromatic heterocycles. The molecule has 0 aromatic carbocycles. The highest BCUT2D eigenvalue weighted by Crippen LogP contribution is 2.13. The van der Waals surface area contributed by atoms with Crippen LogP contribution in [0.3, 0.4) is 0 Å². The Morgan fingerprint density at radius 2 is 1.58 bits per heavy atom. The highest BCUT2D eigenvalue weighted by Gasteiger charge is 2.25. The molecule has 1 aromatic rings. The second-order valence-corrected chi connectivity index (χ2v) is 7.55. The molecule has 2 aliphatic heterocycles. The first-order valence-electron chi connectivity index (χ1n) is 8.62. The maximum atomic E-state index is 12.4. The second-order valence-electron chi connectivity index (χ2n) is 6.52. The van der Waals surface area contributed by atoms with E-state index in [1.807, 2.05) is 9.80 Å². The van der Waals surface area contributed by atoms with Crippen molar-refractivity contribution in [1.29, 1.82) is 0 Å². The second kappa shape index (κ2) is 8.09. The molecule has 0 bridgehead atoms. The van der Waals surface area contributed by atoms with Crippen molar-refractivity contribution in [3.8, 4) is 0 Å². The maximum absolute atomic E-state index is 12.4. The van der Waals surface area contributed by atoms with Gasteiger partial charge in [-0.3, -0.25) is 19.4 Å².